The van der Waals surface area contributed by atoms with Gasteiger partial charge in [-0.3, -0.25) is 9.59 Å². The first-order valence-corrected chi connectivity index (χ1v) is 4.21. The van der Waals surface area contributed by atoms with Crippen LogP contribution in [-0.4, -0.2) is 34.7 Å². The Morgan fingerprint density at radius 1 is 1.54 bits per heavy atom. The fourth-order valence-electron chi connectivity index (χ4n) is 1.14. The van der Waals surface area contributed by atoms with E-state index < -0.39 is 23.9 Å². The van der Waals surface area contributed by atoms with Crippen LogP contribution in [0.1, 0.15) is 13.3 Å². The number of hydrogen-bond donors (Lipinski definition) is 3. The van der Waals surface area contributed by atoms with Gasteiger partial charge in [-0.25, -0.2) is 0 Å². The van der Waals surface area contributed by atoms with Gasteiger partial charge in [-0.15, -0.1) is 0 Å². The molecule has 3 N–H and O–H groups in total. The molecule has 0 unspecified atom stereocenters. The van der Waals surface area contributed by atoms with E-state index in [1.165, 1.54) is 0 Å². The van der Waals surface area contributed by atoms with Gasteiger partial charge < -0.3 is 15.5 Å². The zero-order chi connectivity index (χ0) is 10.0. The molecule has 0 radical (unpaired) electrons. The van der Waals surface area contributed by atoms with E-state index in [9.17, 15) is 9.59 Å². The van der Waals surface area contributed by atoms with E-state index in [-0.39, 0.29) is 12.5 Å². The van der Waals surface area contributed by atoms with Crippen molar-refractivity contribution in [2.75, 3.05) is 6.54 Å². The number of aliphatic carboxylic acids is 1. The molecule has 1 saturated carbocycles. The highest BCUT2D eigenvalue weighted by atomic mass is 16.4. The number of amides is 1. The zero-order valence-electron chi connectivity index (χ0n) is 7.36. The highest BCUT2D eigenvalue weighted by molar-refractivity contribution is 5.89. The second-order valence-corrected chi connectivity index (χ2v) is 3.38. The molecule has 0 aromatic carbocycles. The summed E-state index contributed by atoms with van der Waals surface area (Å²) in [5, 5.41) is 19.8. The van der Waals surface area contributed by atoms with Gasteiger partial charge in [0.05, 0.1) is 17.9 Å². The van der Waals surface area contributed by atoms with Crippen molar-refractivity contribution in [2.45, 2.75) is 19.4 Å². The van der Waals surface area contributed by atoms with Crippen LogP contribution in [0.3, 0.4) is 0 Å². The summed E-state index contributed by atoms with van der Waals surface area (Å²) in [6.45, 7) is 1.74. The van der Waals surface area contributed by atoms with Crippen molar-refractivity contribution in [3.05, 3.63) is 0 Å². The fraction of sp³-hybridized carbons (Fsp3) is 0.750. The molecule has 1 rings (SSSR count). The molecule has 1 amide bonds. The van der Waals surface area contributed by atoms with Crippen molar-refractivity contribution in [1.29, 1.82) is 0 Å². The summed E-state index contributed by atoms with van der Waals surface area (Å²) < 4.78 is 0. The van der Waals surface area contributed by atoms with E-state index in [0.717, 1.165) is 0 Å². The number of hydrogen-bond acceptors (Lipinski definition) is 3. The molecule has 13 heavy (non-hydrogen) atoms. The Hall–Kier alpha value is -1.10. The largest absolute Gasteiger partial charge is 0.481 e. The first-order chi connectivity index (χ1) is 6.02. The Labute approximate surface area is 75.7 Å². The van der Waals surface area contributed by atoms with E-state index in [1.807, 2.05) is 0 Å². The van der Waals surface area contributed by atoms with Crippen LogP contribution in [0.2, 0.25) is 0 Å². The van der Waals surface area contributed by atoms with Gasteiger partial charge in [0.1, 0.15) is 0 Å². The second-order valence-electron chi connectivity index (χ2n) is 3.38. The van der Waals surface area contributed by atoms with Crippen molar-refractivity contribution < 1.29 is 19.8 Å². The number of carboxylic acid groups (broad SMARTS) is 1. The van der Waals surface area contributed by atoms with Crippen LogP contribution in [0.15, 0.2) is 0 Å². The van der Waals surface area contributed by atoms with E-state index in [1.54, 1.807) is 6.92 Å². The third-order valence-corrected chi connectivity index (χ3v) is 2.02. The molecule has 0 aromatic rings. The Kier molecular flexibility index (Phi) is 2.87. The average Bonchev–Trinajstić information content (AvgIpc) is 2.78. The van der Waals surface area contributed by atoms with Crippen LogP contribution in [0.25, 0.3) is 0 Å². The molecule has 5 nitrogen and oxygen atoms in total. The van der Waals surface area contributed by atoms with Crippen LogP contribution >= 0.6 is 0 Å². The van der Waals surface area contributed by atoms with Gasteiger partial charge in [-0.2, -0.15) is 0 Å². The summed E-state index contributed by atoms with van der Waals surface area (Å²) in [5.41, 5.74) is 0. The Morgan fingerprint density at radius 3 is 2.54 bits per heavy atom. The van der Waals surface area contributed by atoms with Crippen LogP contribution < -0.4 is 5.32 Å². The van der Waals surface area contributed by atoms with Crippen molar-refractivity contribution in [2.24, 2.45) is 11.8 Å². The average molecular weight is 187 g/mol. The normalized spacial score (nSPS) is 27.8. The third-order valence-electron chi connectivity index (χ3n) is 2.02. The molecule has 0 spiro atoms. The van der Waals surface area contributed by atoms with E-state index in [4.69, 9.17) is 10.2 Å². The van der Waals surface area contributed by atoms with E-state index in [2.05, 4.69) is 5.32 Å². The van der Waals surface area contributed by atoms with Crippen molar-refractivity contribution in [3.63, 3.8) is 0 Å². The Bertz CT molecular complexity index is 226. The number of rotatable bonds is 4. The SMILES string of the molecule is C[C@H](O)CNC(=O)[C@@H]1C[C@@H]1C(=O)O. The standard InChI is InChI=1S/C8H13NO4/c1-4(10)3-9-7(11)5-2-6(5)8(12)13/h4-6,10H,2-3H2,1H3,(H,9,11)(H,12,13)/t4-,5+,6-/m0/s1. The fourth-order valence-corrected chi connectivity index (χ4v) is 1.14. The molecule has 1 aliphatic rings. The highest BCUT2D eigenvalue weighted by Gasteiger charge is 2.48. The number of nitrogens with one attached hydrogen (secondary N) is 1. The number of aliphatic hydroxyl groups excluding tert-OH is 1. The number of aliphatic hydroxyl groups is 1. The Balaban J connectivity index is 2.24. The van der Waals surface area contributed by atoms with Gasteiger partial charge in [-0.05, 0) is 13.3 Å². The lowest BCUT2D eigenvalue weighted by atomic mass is 10.3. The van der Waals surface area contributed by atoms with Gasteiger partial charge in [0, 0.05) is 6.54 Å². The predicted octanol–water partition coefficient (Wildman–Crippen LogP) is -0.796. The molecule has 5 heteroatoms. The smallest absolute Gasteiger partial charge is 0.307 e. The quantitative estimate of drug-likeness (QED) is 0.538. The molecular weight excluding hydrogens is 174 g/mol. The van der Waals surface area contributed by atoms with Gasteiger partial charge >= 0.3 is 5.97 Å². The second kappa shape index (κ2) is 3.74. The number of carbonyl (C=O) groups excluding carboxylic acids is 1. The minimum atomic E-state index is -0.919. The third kappa shape index (κ3) is 2.69. The highest BCUT2D eigenvalue weighted by Crippen LogP contribution is 2.38. The maximum absolute atomic E-state index is 11.1. The molecular formula is C8H13NO4. The van der Waals surface area contributed by atoms with E-state index in [0.29, 0.717) is 6.42 Å². The lowest BCUT2D eigenvalue weighted by Gasteiger charge is -2.05. The maximum atomic E-state index is 11.1. The minimum absolute atomic E-state index is 0.182. The van der Waals surface area contributed by atoms with Gasteiger partial charge in [-0.1, -0.05) is 0 Å². The Morgan fingerprint density at radius 2 is 2.15 bits per heavy atom. The van der Waals surface area contributed by atoms with Crippen molar-refractivity contribution in [3.8, 4) is 0 Å². The summed E-state index contributed by atoms with van der Waals surface area (Å²) in [6, 6.07) is 0. The molecule has 1 aliphatic carbocycles. The summed E-state index contributed by atoms with van der Waals surface area (Å²) in [4.78, 5) is 21.5. The van der Waals surface area contributed by atoms with E-state index >= 15 is 0 Å². The summed E-state index contributed by atoms with van der Waals surface area (Å²) in [5.74, 6) is -2.10. The first kappa shape index (κ1) is 9.98. The summed E-state index contributed by atoms with van der Waals surface area (Å²) >= 11 is 0. The van der Waals surface area contributed by atoms with Crippen LogP contribution in [0.5, 0.6) is 0 Å². The molecule has 74 valence electrons. The molecule has 1 fully saturated rings. The van der Waals surface area contributed by atoms with Crippen molar-refractivity contribution in [1.82, 2.24) is 5.32 Å². The number of carboxylic acids is 1. The van der Waals surface area contributed by atoms with Gasteiger partial charge in [0.15, 0.2) is 0 Å². The molecule has 0 heterocycles. The van der Waals surface area contributed by atoms with Crippen LogP contribution in [0.4, 0.5) is 0 Å². The monoisotopic (exact) mass is 187 g/mol. The predicted molar refractivity (Wildman–Crippen MR) is 43.9 cm³/mol. The molecule has 0 bridgehead atoms. The molecule has 3 atom stereocenters. The first-order valence-electron chi connectivity index (χ1n) is 4.21. The van der Waals surface area contributed by atoms with Gasteiger partial charge in [0.2, 0.25) is 5.91 Å². The molecule has 0 aliphatic heterocycles. The lowest BCUT2D eigenvalue weighted by Crippen LogP contribution is -2.32. The van der Waals surface area contributed by atoms with Gasteiger partial charge in [0.25, 0.3) is 0 Å². The minimum Gasteiger partial charge on any atom is -0.481 e. The maximum Gasteiger partial charge on any atom is 0.307 e. The van der Waals surface area contributed by atoms with Crippen LogP contribution in [0, 0.1) is 11.8 Å². The van der Waals surface area contributed by atoms with Crippen molar-refractivity contribution >= 4 is 11.9 Å². The summed E-state index contributed by atoms with van der Waals surface area (Å²) in [6.07, 6.45) is -0.174. The zero-order valence-corrected chi connectivity index (χ0v) is 7.36. The molecule has 0 saturated heterocycles. The molecule has 0 aromatic heterocycles. The van der Waals surface area contributed by atoms with Crippen LogP contribution in [-0.2, 0) is 9.59 Å². The summed E-state index contributed by atoms with van der Waals surface area (Å²) in [7, 11) is 0. The lowest BCUT2D eigenvalue weighted by molar-refractivity contribution is -0.140. The topological polar surface area (TPSA) is 86.6 Å². The number of carbonyl (C=O) groups is 2.